The lowest BCUT2D eigenvalue weighted by atomic mass is 10.1. The van der Waals surface area contributed by atoms with E-state index in [0.717, 1.165) is 5.01 Å². The Morgan fingerprint density at radius 3 is 2.39 bits per heavy atom. The van der Waals surface area contributed by atoms with Crippen LogP contribution >= 0.6 is 0 Å². The zero-order chi connectivity index (χ0) is 20.1. The molecule has 28 heavy (non-hydrogen) atoms. The van der Waals surface area contributed by atoms with Crippen LogP contribution in [0.15, 0.2) is 47.6 Å². The van der Waals surface area contributed by atoms with E-state index in [1.54, 1.807) is 42.5 Å². The highest BCUT2D eigenvalue weighted by molar-refractivity contribution is 6.21. The molecule has 0 atom stereocenters. The number of methoxy groups -OCH3 is 1. The molecule has 0 aromatic heterocycles. The zero-order valence-electron chi connectivity index (χ0n) is 15.5. The Morgan fingerprint density at radius 1 is 1.11 bits per heavy atom. The molecule has 144 valence electrons. The van der Waals surface area contributed by atoms with Gasteiger partial charge in [-0.1, -0.05) is 12.1 Å². The molecule has 0 saturated carbocycles. The van der Waals surface area contributed by atoms with E-state index in [9.17, 15) is 14.4 Å². The summed E-state index contributed by atoms with van der Waals surface area (Å²) in [7, 11) is 1.47. The van der Waals surface area contributed by atoms with E-state index >= 15 is 0 Å². The van der Waals surface area contributed by atoms with Gasteiger partial charge in [-0.15, -0.1) is 0 Å². The lowest BCUT2D eigenvalue weighted by Gasteiger charge is -2.11. The van der Waals surface area contributed by atoms with E-state index in [4.69, 9.17) is 9.47 Å². The molecule has 1 heterocycles. The highest BCUT2D eigenvalue weighted by atomic mass is 16.5. The number of nitrogens with one attached hydrogen (secondary N) is 1. The van der Waals surface area contributed by atoms with Crippen LogP contribution in [-0.4, -0.2) is 49.2 Å². The lowest BCUT2D eigenvalue weighted by molar-refractivity contribution is -0.123. The van der Waals surface area contributed by atoms with Crippen LogP contribution in [0.4, 0.5) is 0 Å². The number of imide groups is 1. The fourth-order valence-electron chi connectivity index (χ4n) is 2.68. The van der Waals surface area contributed by atoms with Crippen molar-refractivity contribution in [3.8, 4) is 11.5 Å². The number of carbonyl (C=O) groups excluding carboxylic acids is 3. The van der Waals surface area contributed by atoms with E-state index < -0.39 is 11.8 Å². The van der Waals surface area contributed by atoms with E-state index in [1.165, 1.54) is 13.3 Å². The molecule has 1 N–H and O–H groups in total. The number of fused-ring (bicyclic) bond motifs is 1. The average molecular weight is 381 g/mol. The third-order valence-electron chi connectivity index (χ3n) is 4.02. The highest BCUT2D eigenvalue weighted by Crippen LogP contribution is 2.28. The normalized spacial score (nSPS) is 13.0. The molecule has 0 spiro atoms. The fourth-order valence-corrected chi connectivity index (χ4v) is 2.68. The summed E-state index contributed by atoms with van der Waals surface area (Å²) in [6.07, 6.45) is 1.39. The molecule has 8 nitrogen and oxygen atoms in total. The topological polar surface area (TPSA) is 97.3 Å². The van der Waals surface area contributed by atoms with Crippen LogP contribution in [0.3, 0.4) is 0 Å². The van der Waals surface area contributed by atoms with Crippen molar-refractivity contribution in [1.82, 2.24) is 10.3 Å². The molecule has 0 bridgehead atoms. The predicted molar refractivity (Wildman–Crippen MR) is 102 cm³/mol. The molecule has 3 amide bonds. The minimum atomic E-state index is -0.467. The third-order valence-corrected chi connectivity index (χ3v) is 4.02. The second kappa shape index (κ2) is 8.34. The van der Waals surface area contributed by atoms with Crippen molar-refractivity contribution in [2.24, 2.45) is 5.10 Å². The first-order valence-corrected chi connectivity index (χ1v) is 8.64. The van der Waals surface area contributed by atoms with Gasteiger partial charge < -0.3 is 14.8 Å². The largest absolute Gasteiger partial charge is 0.493 e. The number of hydrazone groups is 1. The third kappa shape index (κ3) is 3.85. The molecule has 1 aliphatic rings. The average Bonchev–Trinajstić information content (AvgIpc) is 2.95. The molecule has 0 radical (unpaired) electrons. The molecule has 1 aliphatic heterocycles. The summed E-state index contributed by atoms with van der Waals surface area (Å²) in [5.74, 6) is -0.375. The zero-order valence-corrected chi connectivity index (χ0v) is 15.5. The second-order valence-electron chi connectivity index (χ2n) is 5.86. The smallest absolute Gasteiger partial charge is 0.282 e. The number of likely N-dealkylation sites (N-methyl/N-ethyl adjacent to an activating group) is 1. The summed E-state index contributed by atoms with van der Waals surface area (Å²) in [6, 6.07) is 11.5. The van der Waals surface area contributed by atoms with Crippen molar-refractivity contribution in [1.29, 1.82) is 0 Å². The van der Waals surface area contributed by atoms with Gasteiger partial charge in [0, 0.05) is 6.54 Å². The van der Waals surface area contributed by atoms with E-state index in [1.807, 2.05) is 6.92 Å². The molecular weight excluding hydrogens is 362 g/mol. The SMILES string of the molecule is CCNC(=O)COc1ccc(/C=N\N2C(=O)c3ccccc3C2=O)cc1OC. The van der Waals surface area contributed by atoms with Gasteiger partial charge in [-0.25, -0.2) is 0 Å². The molecule has 8 heteroatoms. The van der Waals surface area contributed by atoms with Crippen LogP contribution in [-0.2, 0) is 4.79 Å². The van der Waals surface area contributed by atoms with Crippen molar-refractivity contribution >= 4 is 23.9 Å². The van der Waals surface area contributed by atoms with Gasteiger partial charge in [0.25, 0.3) is 17.7 Å². The molecule has 2 aromatic carbocycles. The van der Waals surface area contributed by atoms with Gasteiger partial charge in [0.2, 0.25) is 0 Å². The van der Waals surface area contributed by atoms with Crippen molar-refractivity contribution in [3.63, 3.8) is 0 Å². The van der Waals surface area contributed by atoms with E-state index in [2.05, 4.69) is 10.4 Å². The number of hydrogen-bond acceptors (Lipinski definition) is 6. The van der Waals surface area contributed by atoms with Gasteiger partial charge in [0.05, 0.1) is 24.5 Å². The number of carbonyl (C=O) groups is 3. The van der Waals surface area contributed by atoms with E-state index in [0.29, 0.717) is 34.7 Å². The van der Waals surface area contributed by atoms with Crippen molar-refractivity contribution in [3.05, 3.63) is 59.2 Å². The van der Waals surface area contributed by atoms with Gasteiger partial charge in [-0.3, -0.25) is 14.4 Å². The van der Waals surface area contributed by atoms with Crippen LogP contribution in [0, 0.1) is 0 Å². The standard InChI is InChI=1S/C20H19N3O5/c1-3-21-18(24)12-28-16-9-8-13(10-17(16)27-2)11-22-23-19(25)14-6-4-5-7-15(14)20(23)26/h4-11H,3,12H2,1-2H3,(H,21,24)/b22-11-. The molecule has 2 aromatic rings. The van der Waals surface area contributed by atoms with E-state index in [-0.39, 0.29) is 12.5 Å². The first-order valence-electron chi connectivity index (χ1n) is 8.64. The Kier molecular flexibility index (Phi) is 5.69. The maximum atomic E-state index is 12.3. The van der Waals surface area contributed by atoms with Crippen LogP contribution in [0.1, 0.15) is 33.2 Å². The van der Waals surface area contributed by atoms with Crippen molar-refractivity contribution in [2.45, 2.75) is 6.92 Å². The summed E-state index contributed by atoms with van der Waals surface area (Å²) in [6.45, 7) is 2.21. The molecule has 0 aliphatic carbocycles. The van der Waals surface area contributed by atoms with Gasteiger partial charge in [-0.2, -0.15) is 10.1 Å². The number of hydrogen-bond donors (Lipinski definition) is 1. The lowest BCUT2D eigenvalue weighted by Crippen LogP contribution is -2.28. The van der Waals surface area contributed by atoms with Crippen LogP contribution in [0.2, 0.25) is 0 Å². The van der Waals surface area contributed by atoms with Crippen LogP contribution in [0.5, 0.6) is 11.5 Å². The minimum Gasteiger partial charge on any atom is -0.493 e. The Balaban J connectivity index is 1.74. The quantitative estimate of drug-likeness (QED) is 0.583. The maximum absolute atomic E-state index is 12.3. The summed E-state index contributed by atoms with van der Waals surface area (Å²) in [5.41, 5.74) is 1.26. The first kappa shape index (κ1) is 19.1. The molecule has 0 fully saturated rings. The second-order valence-corrected chi connectivity index (χ2v) is 5.86. The monoisotopic (exact) mass is 381 g/mol. The number of rotatable bonds is 7. The van der Waals surface area contributed by atoms with Gasteiger partial charge in [0.1, 0.15) is 0 Å². The van der Waals surface area contributed by atoms with Gasteiger partial charge >= 0.3 is 0 Å². The Morgan fingerprint density at radius 2 is 1.79 bits per heavy atom. The number of amides is 3. The predicted octanol–water partition coefficient (Wildman–Crippen LogP) is 1.84. The van der Waals surface area contributed by atoms with Crippen LogP contribution in [0.25, 0.3) is 0 Å². The summed E-state index contributed by atoms with van der Waals surface area (Å²) in [4.78, 5) is 36.2. The fraction of sp³-hybridized carbons (Fsp3) is 0.200. The Hall–Kier alpha value is -3.68. The Bertz CT molecular complexity index is 920. The summed E-state index contributed by atoms with van der Waals surface area (Å²) >= 11 is 0. The molecule has 0 unspecified atom stereocenters. The maximum Gasteiger partial charge on any atom is 0.282 e. The van der Waals surface area contributed by atoms with Gasteiger partial charge in [0.15, 0.2) is 18.1 Å². The van der Waals surface area contributed by atoms with Crippen molar-refractivity contribution in [2.75, 3.05) is 20.3 Å². The number of ether oxygens (including phenoxy) is 2. The summed E-state index contributed by atoms with van der Waals surface area (Å²) < 4.78 is 10.7. The Labute approximate surface area is 161 Å². The number of benzene rings is 2. The molecular formula is C20H19N3O5. The molecule has 3 rings (SSSR count). The number of nitrogens with zero attached hydrogens (tertiary/aromatic N) is 2. The highest BCUT2D eigenvalue weighted by Gasteiger charge is 2.35. The minimum absolute atomic E-state index is 0.132. The van der Waals surface area contributed by atoms with Crippen molar-refractivity contribution < 1.29 is 23.9 Å². The summed E-state index contributed by atoms with van der Waals surface area (Å²) in [5, 5.41) is 7.49. The first-order chi connectivity index (χ1) is 13.5. The van der Waals surface area contributed by atoms with Gasteiger partial charge in [-0.05, 0) is 42.8 Å². The molecule has 0 saturated heterocycles. The van der Waals surface area contributed by atoms with Crippen LogP contribution < -0.4 is 14.8 Å².